The zero-order valence-electron chi connectivity index (χ0n) is 11.9. The first-order valence-electron chi connectivity index (χ1n) is 6.28. The van der Waals surface area contributed by atoms with Crippen LogP contribution in [0.3, 0.4) is 0 Å². The van der Waals surface area contributed by atoms with E-state index in [-0.39, 0.29) is 17.5 Å². The van der Waals surface area contributed by atoms with Crippen molar-refractivity contribution in [3.05, 3.63) is 29.8 Å². The molecule has 0 amide bonds. The van der Waals surface area contributed by atoms with E-state index in [9.17, 15) is 4.79 Å². The molecule has 1 unspecified atom stereocenters. The van der Waals surface area contributed by atoms with Crippen molar-refractivity contribution in [2.24, 2.45) is 5.41 Å². The monoisotopic (exact) mass is 328 g/mol. The molecule has 0 spiro atoms. The van der Waals surface area contributed by atoms with Crippen LogP contribution >= 0.6 is 15.9 Å². The molecule has 0 saturated carbocycles. The normalized spacial score (nSPS) is 12.9. The highest BCUT2D eigenvalue weighted by atomic mass is 79.9. The van der Waals surface area contributed by atoms with Crippen LogP contribution in [-0.2, 0) is 14.9 Å². The second kappa shape index (κ2) is 6.94. The molecule has 0 fully saturated rings. The second-order valence-electron chi connectivity index (χ2n) is 5.56. The van der Waals surface area contributed by atoms with E-state index >= 15 is 0 Å². The topological polar surface area (TPSA) is 35.5 Å². The zero-order valence-corrected chi connectivity index (χ0v) is 13.5. The minimum absolute atomic E-state index is 0.154. The molecule has 0 heterocycles. The summed E-state index contributed by atoms with van der Waals surface area (Å²) in [6.07, 6.45) is -0.266. The molecule has 0 radical (unpaired) electrons. The van der Waals surface area contributed by atoms with E-state index in [2.05, 4.69) is 15.9 Å². The smallest absolute Gasteiger partial charge is 0.303 e. The lowest BCUT2D eigenvalue weighted by molar-refractivity contribution is -0.154. The van der Waals surface area contributed by atoms with E-state index < -0.39 is 0 Å². The number of carbonyl (C=O) groups is 1. The first kappa shape index (κ1) is 16.0. The Hall–Kier alpha value is -1.03. The lowest BCUT2D eigenvalue weighted by Gasteiger charge is -2.29. The largest absolute Gasteiger partial charge is 0.490 e. The van der Waals surface area contributed by atoms with Gasteiger partial charge in [0, 0.05) is 17.7 Å². The molecule has 1 rings (SSSR count). The summed E-state index contributed by atoms with van der Waals surface area (Å²) < 4.78 is 11.1. The molecule has 0 aromatic heterocycles. The Morgan fingerprint density at radius 1 is 1.37 bits per heavy atom. The van der Waals surface area contributed by atoms with Gasteiger partial charge in [0.1, 0.15) is 18.5 Å². The average molecular weight is 329 g/mol. The van der Waals surface area contributed by atoms with Crippen LogP contribution < -0.4 is 4.74 Å². The van der Waals surface area contributed by atoms with E-state index in [1.54, 1.807) is 0 Å². The molecule has 4 heteroatoms. The fourth-order valence-corrected chi connectivity index (χ4v) is 1.90. The van der Waals surface area contributed by atoms with Crippen LogP contribution in [0.15, 0.2) is 24.3 Å². The van der Waals surface area contributed by atoms with Gasteiger partial charge in [-0.25, -0.2) is 0 Å². The second-order valence-corrected chi connectivity index (χ2v) is 6.12. The van der Waals surface area contributed by atoms with Gasteiger partial charge in [-0.3, -0.25) is 4.79 Å². The molecule has 0 aliphatic carbocycles. The zero-order chi connectivity index (χ0) is 14.5. The highest BCUT2D eigenvalue weighted by molar-refractivity contribution is 9.08. The van der Waals surface area contributed by atoms with E-state index in [4.69, 9.17) is 9.47 Å². The highest BCUT2D eigenvalue weighted by Gasteiger charge is 2.28. The SMILES string of the molecule is CC(=O)OC(COc1cccc(CBr)c1)C(C)(C)C. The summed E-state index contributed by atoms with van der Waals surface area (Å²) in [4.78, 5) is 11.1. The summed E-state index contributed by atoms with van der Waals surface area (Å²) in [5, 5.41) is 0.789. The first-order valence-corrected chi connectivity index (χ1v) is 7.40. The van der Waals surface area contributed by atoms with E-state index in [0.29, 0.717) is 6.61 Å². The van der Waals surface area contributed by atoms with Crippen LogP contribution in [-0.4, -0.2) is 18.7 Å². The van der Waals surface area contributed by atoms with Gasteiger partial charge in [0.05, 0.1) is 0 Å². The van der Waals surface area contributed by atoms with Crippen molar-refractivity contribution in [2.75, 3.05) is 6.61 Å². The standard InChI is InChI=1S/C15H21BrO3/c1-11(17)19-14(15(2,3)4)10-18-13-7-5-6-12(8-13)9-16/h5-8,14H,9-10H2,1-4H3. The number of hydrogen-bond donors (Lipinski definition) is 0. The Morgan fingerprint density at radius 3 is 2.58 bits per heavy atom. The minimum atomic E-state index is -0.280. The van der Waals surface area contributed by atoms with Gasteiger partial charge >= 0.3 is 5.97 Å². The van der Waals surface area contributed by atoms with Gasteiger partial charge < -0.3 is 9.47 Å². The molecule has 0 N–H and O–H groups in total. The molecule has 19 heavy (non-hydrogen) atoms. The lowest BCUT2D eigenvalue weighted by Crippen LogP contribution is -2.36. The maximum atomic E-state index is 11.1. The van der Waals surface area contributed by atoms with E-state index in [0.717, 1.165) is 16.6 Å². The number of carbonyl (C=O) groups excluding carboxylic acids is 1. The summed E-state index contributed by atoms with van der Waals surface area (Å²) in [7, 11) is 0. The third-order valence-electron chi connectivity index (χ3n) is 2.73. The molecule has 1 atom stereocenters. The Bertz CT molecular complexity index is 424. The van der Waals surface area contributed by atoms with Gasteiger partial charge in [-0.05, 0) is 17.7 Å². The van der Waals surface area contributed by atoms with E-state index in [1.807, 2.05) is 45.0 Å². The van der Waals surface area contributed by atoms with Crippen molar-refractivity contribution in [3.8, 4) is 5.75 Å². The van der Waals surface area contributed by atoms with Crippen LogP contribution in [0.2, 0.25) is 0 Å². The fourth-order valence-electron chi connectivity index (χ4n) is 1.55. The number of esters is 1. The summed E-state index contributed by atoms with van der Waals surface area (Å²) in [5.74, 6) is 0.510. The molecule has 0 aliphatic rings. The Balaban J connectivity index is 2.67. The molecule has 0 bridgehead atoms. The first-order chi connectivity index (χ1) is 8.82. The van der Waals surface area contributed by atoms with Gasteiger partial charge in [-0.2, -0.15) is 0 Å². The molecule has 0 saturated heterocycles. The van der Waals surface area contributed by atoms with Crippen molar-refractivity contribution < 1.29 is 14.3 Å². The van der Waals surface area contributed by atoms with Gasteiger partial charge in [-0.1, -0.05) is 48.8 Å². The van der Waals surface area contributed by atoms with Crippen molar-refractivity contribution in [3.63, 3.8) is 0 Å². The molecule has 0 aliphatic heterocycles. The number of ether oxygens (including phenoxy) is 2. The lowest BCUT2D eigenvalue weighted by atomic mass is 9.89. The van der Waals surface area contributed by atoms with E-state index in [1.165, 1.54) is 6.92 Å². The molecule has 3 nitrogen and oxygen atoms in total. The van der Waals surface area contributed by atoms with Crippen LogP contribution in [0.4, 0.5) is 0 Å². The molecular formula is C15H21BrO3. The van der Waals surface area contributed by atoms with Crippen LogP contribution in [0, 0.1) is 5.41 Å². The fraction of sp³-hybridized carbons (Fsp3) is 0.533. The van der Waals surface area contributed by atoms with Gasteiger partial charge in [0.15, 0.2) is 0 Å². The molecule has 106 valence electrons. The van der Waals surface area contributed by atoms with Crippen molar-refractivity contribution in [1.82, 2.24) is 0 Å². The predicted octanol–water partition coefficient (Wildman–Crippen LogP) is 3.94. The molecule has 1 aromatic carbocycles. The number of alkyl halides is 1. The summed E-state index contributed by atoms with van der Waals surface area (Å²) >= 11 is 3.41. The number of benzene rings is 1. The van der Waals surface area contributed by atoms with Crippen LogP contribution in [0.5, 0.6) is 5.75 Å². The summed E-state index contributed by atoms with van der Waals surface area (Å²) in [5.41, 5.74) is 0.996. The Kier molecular flexibility index (Phi) is 5.85. The van der Waals surface area contributed by atoms with Crippen molar-refractivity contribution >= 4 is 21.9 Å². The third kappa shape index (κ3) is 5.64. The highest BCUT2D eigenvalue weighted by Crippen LogP contribution is 2.24. The summed E-state index contributed by atoms with van der Waals surface area (Å²) in [6, 6.07) is 7.85. The number of hydrogen-bond acceptors (Lipinski definition) is 3. The maximum absolute atomic E-state index is 11.1. The van der Waals surface area contributed by atoms with Gasteiger partial charge in [-0.15, -0.1) is 0 Å². The molecule has 1 aromatic rings. The van der Waals surface area contributed by atoms with Crippen molar-refractivity contribution in [1.29, 1.82) is 0 Å². The Labute approximate surface area is 123 Å². The van der Waals surface area contributed by atoms with Crippen molar-refractivity contribution in [2.45, 2.75) is 39.1 Å². The third-order valence-corrected chi connectivity index (χ3v) is 3.38. The number of halogens is 1. The Morgan fingerprint density at radius 2 is 2.05 bits per heavy atom. The predicted molar refractivity (Wildman–Crippen MR) is 79.6 cm³/mol. The maximum Gasteiger partial charge on any atom is 0.303 e. The summed E-state index contributed by atoms with van der Waals surface area (Å²) in [6.45, 7) is 7.86. The average Bonchev–Trinajstić information content (AvgIpc) is 2.33. The molecular weight excluding hydrogens is 308 g/mol. The quantitative estimate of drug-likeness (QED) is 0.606. The van der Waals surface area contributed by atoms with Gasteiger partial charge in [0.25, 0.3) is 0 Å². The number of rotatable bonds is 5. The van der Waals surface area contributed by atoms with Crippen LogP contribution in [0.25, 0.3) is 0 Å². The minimum Gasteiger partial charge on any atom is -0.490 e. The van der Waals surface area contributed by atoms with Crippen LogP contribution in [0.1, 0.15) is 33.3 Å². The van der Waals surface area contributed by atoms with Gasteiger partial charge in [0.2, 0.25) is 0 Å².